The quantitative estimate of drug-likeness (QED) is 0.710. The fraction of sp³-hybridized carbons (Fsp3) is 0. The molecule has 1 heterocycles. The van der Waals surface area contributed by atoms with E-state index in [0.29, 0.717) is 22.0 Å². The van der Waals surface area contributed by atoms with E-state index in [2.05, 4.69) is 21.4 Å². The fourth-order valence-electron chi connectivity index (χ4n) is 2.16. The number of carbonyl (C=O) groups is 1. The van der Waals surface area contributed by atoms with Crippen molar-refractivity contribution in [3.05, 3.63) is 70.1 Å². The van der Waals surface area contributed by atoms with Gasteiger partial charge in [-0.25, -0.2) is 5.10 Å². The van der Waals surface area contributed by atoms with E-state index >= 15 is 0 Å². The zero-order valence-electron chi connectivity index (χ0n) is 11.5. The van der Waals surface area contributed by atoms with Crippen molar-refractivity contribution in [3.8, 4) is 12.3 Å². The van der Waals surface area contributed by atoms with Gasteiger partial charge in [-0.15, -0.1) is 6.42 Å². The first-order valence-corrected chi connectivity index (χ1v) is 6.54. The molecule has 0 aliphatic rings. The van der Waals surface area contributed by atoms with Crippen molar-refractivity contribution in [1.82, 2.24) is 10.2 Å². The van der Waals surface area contributed by atoms with Crippen LogP contribution in [0.5, 0.6) is 0 Å². The van der Waals surface area contributed by atoms with Crippen LogP contribution in [-0.4, -0.2) is 16.1 Å². The molecular formula is C17H11N3O2. The molecule has 0 fully saturated rings. The Morgan fingerprint density at radius 1 is 1.14 bits per heavy atom. The number of carbonyl (C=O) groups excluding carboxylic acids is 1. The van der Waals surface area contributed by atoms with Gasteiger partial charge in [0.1, 0.15) is 0 Å². The third-order valence-corrected chi connectivity index (χ3v) is 3.20. The van der Waals surface area contributed by atoms with E-state index in [4.69, 9.17) is 6.42 Å². The molecule has 22 heavy (non-hydrogen) atoms. The van der Waals surface area contributed by atoms with Crippen molar-refractivity contribution in [2.75, 3.05) is 5.32 Å². The van der Waals surface area contributed by atoms with Gasteiger partial charge in [-0.3, -0.25) is 9.59 Å². The molecule has 0 atom stereocenters. The molecule has 1 aromatic heterocycles. The second-order valence-electron chi connectivity index (χ2n) is 4.63. The maximum atomic E-state index is 12.4. The molecule has 0 aliphatic carbocycles. The number of rotatable bonds is 2. The van der Waals surface area contributed by atoms with Crippen LogP contribution in [0.25, 0.3) is 10.8 Å². The highest BCUT2D eigenvalue weighted by Crippen LogP contribution is 2.15. The number of anilines is 1. The van der Waals surface area contributed by atoms with Crippen LogP contribution in [0.3, 0.4) is 0 Å². The topological polar surface area (TPSA) is 74.8 Å². The number of hydrogen-bond donors (Lipinski definition) is 2. The standard InChI is InChI=1S/C17H11N3O2/c1-2-11-6-5-7-12(10-11)18-17(22)15-13-8-3-4-9-14(13)16(21)20-19-15/h1,3-10H,(H,18,22)(H,20,21). The second kappa shape index (κ2) is 5.54. The predicted molar refractivity (Wildman–Crippen MR) is 84.7 cm³/mol. The Kier molecular flexibility index (Phi) is 3.42. The van der Waals surface area contributed by atoms with E-state index in [1.807, 2.05) is 0 Å². The number of aromatic nitrogens is 2. The number of aromatic amines is 1. The van der Waals surface area contributed by atoms with Gasteiger partial charge in [0.05, 0.1) is 5.39 Å². The van der Waals surface area contributed by atoms with Gasteiger partial charge in [0, 0.05) is 16.6 Å². The third-order valence-electron chi connectivity index (χ3n) is 3.20. The monoisotopic (exact) mass is 289 g/mol. The second-order valence-corrected chi connectivity index (χ2v) is 4.63. The Morgan fingerprint density at radius 2 is 1.91 bits per heavy atom. The summed E-state index contributed by atoms with van der Waals surface area (Å²) in [5.74, 6) is 2.09. The first-order valence-electron chi connectivity index (χ1n) is 6.54. The summed E-state index contributed by atoms with van der Waals surface area (Å²) in [6, 6.07) is 13.7. The number of fused-ring (bicyclic) bond motifs is 1. The van der Waals surface area contributed by atoms with Crippen LogP contribution in [0, 0.1) is 12.3 Å². The summed E-state index contributed by atoms with van der Waals surface area (Å²) in [6.45, 7) is 0. The van der Waals surface area contributed by atoms with Gasteiger partial charge >= 0.3 is 0 Å². The van der Waals surface area contributed by atoms with E-state index in [1.54, 1.807) is 48.5 Å². The molecule has 0 radical (unpaired) electrons. The molecular weight excluding hydrogens is 278 g/mol. The molecule has 1 amide bonds. The summed E-state index contributed by atoms with van der Waals surface area (Å²) >= 11 is 0. The number of hydrogen-bond acceptors (Lipinski definition) is 3. The molecule has 2 aromatic carbocycles. The van der Waals surface area contributed by atoms with Crippen molar-refractivity contribution in [2.45, 2.75) is 0 Å². The van der Waals surface area contributed by atoms with Crippen LogP contribution < -0.4 is 10.9 Å². The molecule has 2 N–H and O–H groups in total. The van der Waals surface area contributed by atoms with Crippen LogP contribution in [0.4, 0.5) is 5.69 Å². The van der Waals surface area contributed by atoms with Crippen molar-refractivity contribution < 1.29 is 4.79 Å². The van der Waals surface area contributed by atoms with E-state index in [-0.39, 0.29) is 11.3 Å². The van der Waals surface area contributed by atoms with Gasteiger partial charge in [-0.2, -0.15) is 5.10 Å². The number of benzene rings is 2. The summed E-state index contributed by atoms with van der Waals surface area (Å²) in [7, 11) is 0. The number of nitrogens with zero attached hydrogens (tertiary/aromatic N) is 1. The average Bonchev–Trinajstić information content (AvgIpc) is 2.55. The van der Waals surface area contributed by atoms with Crippen LogP contribution in [0.2, 0.25) is 0 Å². The highest BCUT2D eigenvalue weighted by atomic mass is 16.2. The molecule has 0 saturated carbocycles. The highest BCUT2D eigenvalue weighted by molar-refractivity contribution is 6.11. The van der Waals surface area contributed by atoms with Crippen molar-refractivity contribution in [3.63, 3.8) is 0 Å². The summed E-state index contributed by atoms with van der Waals surface area (Å²) in [6.07, 6.45) is 5.34. The van der Waals surface area contributed by atoms with Gasteiger partial charge < -0.3 is 5.32 Å². The number of nitrogens with one attached hydrogen (secondary N) is 2. The van der Waals surface area contributed by atoms with Gasteiger partial charge in [0.2, 0.25) is 0 Å². The molecule has 0 unspecified atom stereocenters. The van der Waals surface area contributed by atoms with Crippen molar-refractivity contribution in [2.24, 2.45) is 0 Å². The lowest BCUT2D eigenvalue weighted by atomic mass is 10.1. The lowest BCUT2D eigenvalue weighted by Crippen LogP contribution is -2.19. The maximum absolute atomic E-state index is 12.4. The molecule has 0 spiro atoms. The van der Waals surface area contributed by atoms with Gasteiger partial charge in [0.25, 0.3) is 11.5 Å². The van der Waals surface area contributed by atoms with Crippen LogP contribution >= 0.6 is 0 Å². The van der Waals surface area contributed by atoms with Crippen LogP contribution in [0.1, 0.15) is 16.1 Å². The smallest absolute Gasteiger partial charge is 0.276 e. The number of amides is 1. The normalized spacial score (nSPS) is 10.1. The third kappa shape index (κ3) is 2.45. The minimum atomic E-state index is -0.415. The average molecular weight is 289 g/mol. The Morgan fingerprint density at radius 3 is 2.68 bits per heavy atom. The Balaban J connectivity index is 2.01. The largest absolute Gasteiger partial charge is 0.321 e. The van der Waals surface area contributed by atoms with E-state index in [1.165, 1.54) is 0 Å². The minimum absolute atomic E-state index is 0.154. The molecule has 3 aromatic rings. The van der Waals surface area contributed by atoms with E-state index < -0.39 is 5.91 Å². The lowest BCUT2D eigenvalue weighted by Gasteiger charge is -2.07. The van der Waals surface area contributed by atoms with Crippen LogP contribution in [-0.2, 0) is 0 Å². The molecule has 0 aliphatic heterocycles. The zero-order valence-corrected chi connectivity index (χ0v) is 11.5. The molecule has 3 rings (SSSR count). The Bertz CT molecular complexity index is 967. The number of H-pyrrole nitrogens is 1. The number of terminal acetylenes is 1. The predicted octanol–water partition coefficient (Wildman–Crippen LogP) is 2.16. The van der Waals surface area contributed by atoms with E-state index in [0.717, 1.165) is 0 Å². The summed E-state index contributed by atoms with van der Waals surface area (Å²) in [5, 5.41) is 9.83. The Labute approximate surface area is 126 Å². The van der Waals surface area contributed by atoms with Gasteiger partial charge in [0.15, 0.2) is 5.69 Å². The summed E-state index contributed by atoms with van der Waals surface area (Å²) in [4.78, 5) is 24.1. The van der Waals surface area contributed by atoms with E-state index in [9.17, 15) is 9.59 Å². The van der Waals surface area contributed by atoms with Gasteiger partial charge in [-0.05, 0) is 24.3 Å². The zero-order chi connectivity index (χ0) is 15.5. The van der Waals surface area contributed by atoms with Gasteiger partial charge in [-0.1, -0.05) is 30.2 Å². The molecule has 106 valence electrons. The summed E-state index contributed by atoms with van der Waals surface area (Å²) in [5.41, 5.74) is 1.05. The van der Waals surface area contributed by atoms with Crippen LogP contribution in [0.15, 0.2) is 53.3 Å². The molecule has 5 heteroatoms. The molecule has 0 saturated heterocycles. The fourth-order valence-corrected chi connectivity index (χ4v) is 2.16. The molecule has 0 bridgehead atoms. The highest BCUT2D eigenvalue weighted by Gasteiger charge is 2.14. The Hall–Kier alpha value is -3.39. The van der Waals surface area contributed by atoms with Crippen molar-refractivity contribution in [1.29, 1.82) is 0 Å². The first-order chi connectivity index (χ1) is 10.7. The lowest BCUT2D eigenvalue weighted by molar-refractivity contribution is 0.102. The minimum Gasteiger partial charge on any atom is -0.321 e. The molecule has 5 nitrogen and oxygen atoms in total. The SMILES string of the molecule is C#Cc1cccc(NC(=O)c2n[nH]c(=O)c3ccccc23)c1. The first kappa shape index (κ1) is 13.6. The van der Waals surface area contributed by atoms with Crippen molar-refractivity contribution >= 4 is 22.4 Å². The maximum Gasteiger partial charge on any atom is 0.276 e. The summed E-state index contributed by atoms with van der Waals surface area (Å²) < 4.78 is 0.